The van der Waals surface area contributed by atoms with Crippen molar-refractivity contribution in [2.45, 2.75) is 52.6 Å². The molecule has 0 saturated carbocycles. The van der Waals surface area contributed by atoms with Gasteiger partial charge in [-0.25, -0.2) is 14.8 Å². The summed E-state index contributed by atoms with van der Waals surface area (Å²) in [5, 5.41) is 4.39. The number of carbonyl (C=O) groups excluding carboxylic acids is 1. The van der Waals surface area contributed by atoms with Crippen LogP contribution in [-0.4, -0.2) is 62.6 Å². The molecule has 1 aliphatic rings. The van der Waals surface area contributed by atoms with Crippen molar-refractivity contribution >= 4 is 11.9 Å². The van der Waals surface area contributed by atoms with Gasteiger partial charge in [-0.3, -0.25) is 4.90 Å². The number of hydrogen-bond acceptors (Lipinski definition) is 7. The smallest absolute Gasteiger partial charge is 0.410 e. The minimum Gasteiger partial charge on any atom is -0.453 e. The monoisotopic (exact) mass is 387 g/mol. The van der Waals surface area contributed by atoms with E-state index in [2.05, 4.69) is 20.0 Å². The van der Waals surface area contributed by atoms with Gasteiger partial charge in [-0.1, -0.05) is 6.92 Å². The number of hydrogen-bond donors (Lipinski definition) is 1. The van der Waals surface area contributed by atoms with Crippen molar-refractivity contribution in [3.63, 3.8) is 0 Å². The topological polar surface area (TPSA) is 102 Å². The third-order valence-corrected chi connectivity index (χ3v) is 5.11. The van der Waals surface area contributed by atoms with Crippen LogP contribution in [-0.2, 0) is 11.2 Å². The van der Waals surface area contributed by atoms with E-state index in [1.165, 1.54) is 11.9 Å². The molecule has 0 aromatic carbocycles. The van der Waals surface area contributed by atoms with Gasteiger partial charge in [-0.15, -0.1) is 5.10 Å². The van der Waals surface area contributed by atoms with Gasteiger partial charge in [0.2, 0.25) is 0 Å². The van der Waals surface area contributed by atoms with E-state index in [1.54, 1.807) is 11.1 Å². The first-order valence-corrected chi connectivity index (χ1v) is 9.46. The number of nitrogens with zero attached hydrogens (tertiary/aromatic N) is 6. The number of nitrogens with two attached hydrogens (primary N) is 1. The molecular weight excluding hydrogens is 358 g/mol. The largest absolute Gasteiger partial charge is 0.453 e. The van der Waals surface area contributed by atoms with E-state index in [-0.39, 0.29) is 17.7 Å². The van der Waals surface area contributed by atoms with Crippen molar-refractivity contribution in [3.8, 4) is 11.5 Å². The van der Waals surface area contributed by atoms with Crippen LogP contribution in [0.15, 0.2) is 12.3 Å². The van der Waals surface area contributed by atoms with Gasteiger partial charge in [-0.05, 0) is 40.2 Å². The van der Waals surface area contributed by atoms with E-state index >= 15 is 0 Å². The molecule has 28 heavy (non-hydrogen) atoms. The number of rotatable bonds is 4. The Balaban J connectivity index is 1.79. The second kappa shape index (κ2) is 7.29. The summed E-state index contributed by atoms with van der Waals surface area (Å²) >= 11 is 0. The molecule has 1 saturated heterocycles. The average molecular weight is 387 g/mol. The second-order valence-electron chi connectivity index (χ2n) is 8.03. The van der Waals surface area contributed by atoms with Gasteiger partial charge < -0.3 is 15.5 Å². The third kappa shape index (κ3) is 3.48. The number of methoxy groups -OCH3 is 1. The lowest BCUT2D eigenvalue weighted by Crippen LogP contribution is -2.65. The number of amides is 1. The third-order valence-electron chi connectivity index (χ3n) is 5.11. The predicted molar refractivity (Wildman–Crippen MR) is 108 cm³/mol. The van der Waals surface area contributed by atoms with Crippen LogP contribution in [0.1, 0.15) is 39.0 Å². The fraction of sp³-hybridized carbons (Fsp3) is 0.579. The highest BCUT2D eigenvalue weighted by atomic mass is 16.5. The average Bonchev–Trinajstić information content (AvgIpc) is 2.89. The SMILES string of the molecule is CCc1c(C)c(-c2nccc(N3CC(N(C(=O)OC)C(C)(C)C)C3)n2)nn1N. The second-order valence-corrected chi connectivity index (χ2v) is 8.03. The summed E-state index contributed by atoms with van der Waals surface area (Å²) in [6.07, 6.45) is 2.21. The summed E-state index contributed by atoms with van der Waals surface area (Å²) in [6, 6.07) is 1.94. The Labute approximate surface area is 165 Å². The first-order chi connectivity index (χ1) is 13.2. The lowest BCUT2D eigenvalue weighted by atomic mass is 9.99. The van der Waals surface area contributed by atoms with Crippen LogP contribution in [0.2, 0.25) is 0 Å². The van der Waals surface area contributed by atoms with E-state index < -0.39 is 0 Å². The van der Waals surface area contributed by atoms with E-state index in [0.717, 1.165) is 23.5 Å². The van der Waals surface area contributed by atoms with Crippen molar-refractivity contribution in [1.82, 2.24) is 24.8 Å². The summed E-state index contributed by atoms with van der Waals surface area (Å²) < 4.78 is 4.97. The number of nitrogen functional groups attached to an aromatic ring is 1. The lowest BCUT2D eigenvalue weighted by molar-refractivity contribution is 0.0478. The number of anilines is 1. The van der Waals surface area contributed by atoms with E-state index in [9.17, 15) is 4.79 Å². The maximum Gasteiger partial charge on any atom is 0.410 e. The molecule has 0 bridgehead atoms. The summed E-state index contributed by atoms with van der Waals surface area (Å²) in [7, 11) is 1.41. The van der Waals surface area contributed by atoms with Crippen LogP contribution in [0.5, 0.6) is 0 Å². The molecule has 152 valence electrons. The van der Waals surface area contributed by atoms with E-state index in [4.69, 9.17) is 10.6 Å². The molecule has 0 radical (unpaired) electrons. The van der Waals surface area contributed by atoms with Gasteiger partial charge >= 0.3 is 6.09 Å². The Morgan fingerprint density at radius 1 is 1.39 bits per heavy atom. The van der Waals surface area contributed by atoms with Gasteiger partial charge in [-0.2, -0.15) is 4.79 Å². The van der Waals surface area contributed by atoms with Gasteiger partial charge in [0.15, 0.2) is 5.82 Å². The molecule has 1 aliphatic heterocycles. The molecule has 0 aliphatic carbocycles. The Morgan fingerprint density at radius 3 is 2.61 bits per heavy atom. The quantitative estimate of drug-likeness (QED) is 0.800. The zero-order valence-corrected chi connectivity index (χ0v) is 17.4. The fourth-order valence-electron chi connectivity index (χ4n) is 3.71. The van der Waals surface area contributed by atoms with E-state index in [0.29, 0.717) is 24.6 Å². The molecule has 3 heterocycles. The van der Waals surface area contributed by atoms with Gasteiger partial charge in [0.1, 0.15) is 11.5 Å². The highest BCUT2D eigenvalue weighted by molar-refractivity contribution is 5.69. The maximum atomic E-state index is 12.2. The predicted octanol–water partition coefficient (Wildman–Crippen LogP) is 1.98. The van der Waals surface area contributed by atoms with Crippen LogP contribution in [0.25, 0.3) is 11.5 Å². The Kier molecular flexibility index (Phi) is 5.18. The van der Waals surface area contributed by atoms with Crippen LogP contribution >= 0.6 is 0 Å². The molecule has 1 fully saturated rings. The molecule has 2 aromatic rings. The zero-order valence-electron chi connectivity index (χ0n) is 17.4. The normalized spacial score (nSPS) is 14.7. The van der Waals surface area contributed by atoms with Gasteiger partial charge in [0.25, 0.3) is 0 Å². The Hall–Kier alpha value is -2.84. The van der Waals surface area contributed by atoms with Crippen molar-refractivity contribution in [2.75, 3.05) is 30.9 Å². The first-order valence-electron chi connectivity index (χ1n) is 9.46. The lowest BCUT2D eigenvalue weighted by Gasteiger charge is -2.49. The Morgan fingerprint density at radius 2 is 2.07 bits per heavy atom. The summed E-state index contributed by atoms with van der Waals surface area (Å²) in [6.45, 7) is 11.4. The molecule has 0 unspecified atom stereocenters. The van der Waals surface area contributed by atoms with Crippen LogP contribution in [0.4, 0.5) is 10.6 Å². The van der Waals surface area contributed by atoms with Crippen molar-refractivity contribution in [3.05, 3.63) is 23.5 Å². The van der Waals surface area contributed by atoms with Gasteiger partial charge in [0, 0.05) is 30.4 Å². The fourth-order valence-corrected chi connectivity index (χ4v) is 3.71. The molecule has 0 atom stereocenters. The highest BCUT2D eigenvalue weighted by Gasteiger charge is 2.41. The molecule has 3 rings (SSSR count). The van der Waals surface area contributed by atoms with Crippen LogP contribution in [0.3, 0.4) is 0 Å². The van der Waals surface area contributed by atoms with Crippen LogP contribution in [0, 0.1) is 6.92 Å². The Bertz CT molecular complexity index is 866. The molecule has 9 nitrogen and oxygen atoms in total. The number of ether oxygens (including phenoxy) is 1. The summed E-state index contributed by atoms with van der Waals surface area (Å²) in [5.74, 6) is 7.31. The van der Waals surface area contributed by atoms with Crippen LogP contribution < -0.4 is 10.7 Å². The van der Waals surface area contributed by atoms with E-state index in [1.807, 2.05) is 40.7 Å². The minimum absolute atomic E-state index is 0.0718. The highest BCUT2D eigenvalue weighted by Crippen LogP contribution is 2.29. The summed E-state index contributed by atoms with van der Waals surface area (Å²) in [5.41, 5.74) is 2.34. The molecule has 2 aromatic heterocycles. The maximum absolute atomic E-state index is 12.2. The standard InChI is InChI=1S/C19H29N7O2/c1-7-14-12(2)16(23-26(14)20)17-21-9-8-15(22-17)24-10-13(11-24)25(18(27)28-6)19(3,4)5/h8-9,13H,7,10-11,20H2,1-6H3. The molecule has 0 spiro atoms. The molecule has 2 N–H and O–H groups in total. The first kappa shape index (κ1) is 19.9. The van der Waals surface area contributed by atoms with Crippen molar-refractivity contribution in [1.29, 1.82) is 0 Å². The van der Waals surface area contributed by atoms with Crippen molar-refractivity contribution in [2.24, 2.45) is 0 Å². The zero-order chi connectivity index (χ0) is 20.6. The molecular formula is C19H29N7O2. The summed E-state index contributed by atoms with van der Waals surface area (Å²) in [4.78, 5) is 26.6. The minimum atomic E-state index is -0.317. The molecule has 1 amide bonds. The molecule has 9 heteroatoms. The number of carbonyl (C=O) groups is 1. The number of aromatic nitrogens is 4. The van der Waals surface area contributed by atoms with Gasteiger partial charge in [0.05, 0.1) is 18.8 Å². The van der Waals surface area contributed by atoms with Crippen molar-refractivity contribution < 1.29 is 9.53 Å².